The van der Waals surface area contributed by atoms with Crippen molar-refractivity contribution in [2.75, 3.05) is 25.4 Å². The van der Waals surface area contributed by atoms with Crippen molar-refractivity contribution in [3.05, 3.63) is 65.2 Å². The van der Waals surface area contributed by atoms with Gasteiger partial charge in [0.25, 0.3) is 0 Å². The first-order valence-electron chi connectivity index (χ1n) is 10.2. The van der Waals surface area contributed by atoms with Crippen LogP contribution in [0.15, 0.2) is 48.5 Å². The van der Waals surface area contributed by atoms with E-state index in [1.807, 2.05) is 0 Å². The summed E-state index contributed by atoms with van der Waals surface area (Å²) in [5, 5.41) is 0. The minimum atomic E-state index is 0.186. The molecule has 0 spiro atoms. The first-order valence-corrected chi connectivity index (χ1v) is 10.2. The average Bonchev–Trinajstić information content (AvgIpc) is 2.66. The van der Waals surface area contributed by atoms with Crippen molar-refractivity contribution in [1.82, 2.24) is 4.90 Å². The average molecular weight is 351 g/mol. The highest BCUT2D eigenvalue weighted by molar-refractivity contribution is 5.57. The van der Waals surface area contributed by atoms with Crippen LogP contribution in [-0.4, -0.2) is 24.5 Å². The van der Waals surface area contributed by atoms with Gasteiger partial charge in [-0.05, 0) is 66.8 Å². The molecule has 140 valence electrons. The van der Waals surface area contributed by atoms with Crippen LogP contribution in [0.4, 0.5) is 5.69 Å². The molecule has 2 heteroatoms. The maximum atomic E-state index is 6.54. The number of para-hydroxylation sites is 1. The van der Waals surface area contributed by atoms with Crippen molar-refractivity contribution < 1.29 is 0 Å². The van der Waals surface area contributed by atoms with E-state index in [4.69, 9.17) is 5.73 Å². The lowest BCUT2D eigenvalue weighted by molar-refractivity contribution is 0.110. The lowest BCUT2D eigenvalue weighted by Crippen LogP contribution is -2.47. The minimum Gasteiger partial charge on any atom is -0.398 e. The summed E-state index contributed by atoms with van der Waals surface area (Å²) < 4.78 is 0. The third-order valence-corrected chi connectivity index (χ3v) is 6.54. The number of nitrogens with two attached hydrogens (primary N) is 1. The van der Waals surface area contributed by atoms with Gasteiger partial charge in [-0.3, -0.25) is 0 Å². The lowest BCUT2D eigenvalue weighted by Gasteiger charge is -2.45. The van der Waals surface area contributed by atoms with E-state index in [0.717, 1.165) is 12.1 Å². The fourth-order valence-corrected chi connectivity index (χ4v) is 4.49. The van der Waals surface area contributed by atoms with Crippen LogP contribution in [0.25, 0.3) is 0 Å². The zero-order valence-corrected chi connectivity index (χ0v) is 16.7. The summed E-state index contributed by atoms with van der Waals surface area (Å²) in [5.41, 5.74) is 11.9. The molecule has 0 aromatic heterocycles. The molecule has 3 rings (SSSR count). The van der Waals surface area contributed by atoms with Gasteiger partial charge >= 0.3 is 0 Å². The van der Waals surface area contributed by atoms with Gasteiger partial charge in [0.05, 0.1) is 0 Å². The van der Waals surface area contributed by atoms with Gasteiger partial charge in [-0.15, -0.1) is 0 Å². The summed E-state index contributed by atoms with van der Waals surface area (Å²) in [5.74, 6) is 0.613. The smallest absolute Gasteiger partial charge is 0.0384 e. The molecule has 1 heterocycles. The molecule has 2 N–H and O–H groups in total. The molecular formula is C24H34N2. The zero-order chi connectivity index (χ0) is 18.6. The Bertz CT molecular complexity index is 709. The van der Waals surface area contributed by atoms with Crippen molar-refractivity contribution >= 4 is 5.69 Å². The minimum absolute atomic E-state index is 0.186. The predicted molar refractivity (Wildman–Crippen MR) is 113 cm³/mol. The number of piperidine rings is 1. The Morgan fingerprint density at radius 3 is 2.58 bits per heavy atom. The zero-order valence-electron chi connectivity index (χ0n) is 16.7. The fourth-order valence-electron chi connectivity index (χ4n) is 4.49. The molecule has 0 radical (unpaired) electrons. The van der Waals surface area contributed by atoms with Crippen LogP contribution in [0.3, 0.4) is 0 Å². The van der Waals surface area contributed by atoms with Crippen LogP contribution >= 0.6 is 0 Å². The number of likely N-dealkylation sites (tertiary alicyclic amines) is 1. The molecule has 2 unspecified atom stereocenters. The van der Waals surface area contributed by atoms with Crippen molar-refractivity contribution in [3.8, 4) is 0 Å². The normalized spacial score (nSPS) is 23.9. The quantitative estimate of drug-likeness (QED) is 0.738. The van der Waals surface area contributed by atoms with Gasteiger partial charge in [-0.1, -0.05) is 69.3 Å². The van der Waals surface area contributed by atoms with Crippen LogP contribution in [-0.2, 0) is 18.3 Å². The van der Waals surface area contributed by atoms with E-state index in [-0.39, 0.29) is 5.41 Å². The summed E-state index contributed by atoms with van der Waals surface area (Å²) >= 11 is 0. The molecule has 2 aromatic rings. The molecule has 1 aliphatic heterocycles. The van der Waals surface area contributed by atoms with Gasteiger partial charge in [0.15, 0.2) is 0 Å². The largest absolute Gasteiger partial charge is 0.398 e. The summed E-state index contributed by atoms with van der Waals surface area (Å²) in [6.07, 6.45) is 4.61. The Morgan fingerprint density at radius 1 is 1.12 bits per heavy atom. The number of nitrogen functional groups attached to an aromatic ring is 1. The Balaban J connectivity index is 1.61. The Labute approximate surface area is 159 Å². The number of nitrogens with zero attached hydrogens (tertiary/aromatic N) is 1. The third kappa shape index (κ3) is 3.96. The van der Waals surface area contributed by atoms with Crippen LogP contribution in [0.5, 0.6) is 0 Å². The number of rotatable bonds is 6. The van der Waals surface area contributed by atoms with Crippen LogP contribution < -0.4 is 5.73 Å². The number of benzene rings is 2. The van der Waals surface area contributed by atoms with Gasteiger partial charge < -0.3 is 10.6 Å². The maximum absolute atomic E-state index is 6.54. The lowest BCUT2D eigenvalue weighted by atomic mass is 9.67. The van der Waals surface area contributed by atoms with E-state index >= 15 is 0 Å². The number of hydrogen-bond acceptors (Lipinski definition) is 2. The van der Waals surface area contributed by atoms with Crippen LogP contribution in [0.2, 0.25) is 0 Å². The van der Waals surface area contributed by atoms with E-state index in [1.165, 1.54) is 55.6 Å². The first-order chi connectivity index (χ1) is 12.5. The van der Waals surface area contributed by atoms with Gasteiger partial charge in [0, 0.05) is 12.2 Å². The summed E-state index contributed by atoms with van der Waals surface area (Å²) in [7, 11) is 0. The molecule has 2 aromatic carbocycles. The van der Waals surface area contributed by atoms with Crippen LogP contribution in [0, 0.1) is 5.92 Å². The summed E-state index contributed by atoms with van der Waals surface area (Å²) in [4.78, 5) is 2.65. The SMILES string of the molecule is CCc1cccc(C2(C)CCN(CCCc3ccccc3)CC2C)c1N. The summed E-state index contributed by atoms with van der Waals surface area (Å²) in [6.45, 7) is 10.6. The second-order valence-electron chi connectivity index (χ2n) is 8.19. The van der Waals surface area contributed by atoms with Gasteiger partial charge in [-0.2, -0.15) is 0 Å². The molecule has 0 amide bonds. The van der Waals surface area contributed by atoms with Crippen molar-refractivity contribution in [2.24, 2.45) is 5.92 Å². The Kier molecular flexibility index (Phi) is 6.03. The molecule has 2 atom stereocenters. The molecule has 2 nitrogen and oxygen atoms in total. The van der Waals surface area contributed by atoms with E-state index in [2.05, 4.69) is 74.2 Å². The molecule has 0 saturated carbocycles. The highest BCUT2D eigenvalue weighted by Gasteiger charge is 2.39. The third-order valence-electron chi connectivity index (χ3n) is 6.54. The predicted octanol–water partition coefficient (Wildman–Crippen LogP) is 5.06. The monoisotopic (exact) mass is 350 g/mol. The highest BCUT2D eigenvalue weighted by Crippen LogP contribution is 2.42. The second-order valence-corrected chi connectivity index (χ2v) is 8.19. The van der Waals surface area contributed by atoms with Crippen LogP contribution in [0.1, 0.15) is 50.3 Å². The second kappa shape index (κ2) is 8.26. The molecule has 1 aliphatic rings. The first kappa shape index (κ1) is 19.0. The van der Waals surface area contributed by atoms with E-state index in [1.54, 1.807) is 0 Å². The molecule has 26 heavy (non-hydrogen) atoms. The Morgan fingerprint density at radius 2 is 1.88 bits per heavy atom. The number of hydrogen-bond donors (Lipinski definition) is 1. The maximum Gasteiger partial charge on any atom is 0.0384 e. The van der Waals surface area contributed by atoms with Gasteiger partial charge in [0.1, 0.15) is 0 Å². The standard InChI is InChI=1S/C24H34N2/c1-4-21-13-8-14-22(23(21)25)24(3)15-17-26(18-19(24)2)16-9-12-20-10-6-5-7-11-20/h5-8,10-11,13-14,19H,4,9,12,15-18,25H2,1-3H3. The number of aryl methyl sites for hydroxylation is 2. The molecule has 0 aliphatic carbocycles. The van der Waals surface area contributed by atoms with E-state index < -0.39 is 0 Å². The molecule has 1 saturated heterocycles. The Hall–Kier alpha value is -1.80. The van der Waals surface area contributed by atoms with Gasteiger partial charge in [0.2, 0.25) is 0 Å². The summed E-state index contributed by atoms with van der Waals surface area (Å²) in [6, 6.07) is 17.5. The fraction of sp³-hybridized carbons (Fsp3) is 0.500. The van der Waals surface area contributed by atoms with Crippen molar-refractivity contribution in [1.29, 1.82) is 0 Å². The van der Waals surface area contributed by atoms with Crippen molar-refractivity contribution in [3.63, 3.8) is 0 Å². The van der Waals surface area contributed by atoms with Gasteiger partial charge in [-0.25, -0.2) is 0 Å². The molecule has 0 bridgehead atoms. The van der Waals surface area contributed by atoms with E-state index in [9.17, 15) is 0 Å². The highest BCUT2D eigenvalue weighted by atomic mass is 15.1. The van der Waals surface area contributed by atoms with E-state index in [0.29, 0.717) is 5.92 Å². The molecule has 1 fully saturated rings. The molecular weight excluding hydrogens is 316 g/mol. The topological polar surface area (TPSA) is 29.3 Å². The number of anilines is 1. The van der Waals surface area contributed by atoms with Crippen molar-refractivity contribution in [2.45, 2.75) is 51.9 Å².